The first-order chi connectivity index (χ1) is 8.59. The number of cyclic esters (lactones) is 2. The van der Waals surface area contributed by atoms with Crippen molar-refractivity contribution >= 4 is 17.8 Å². The van der Waals surface area contributed by atoms with Gasteiger partial charge in [-0.1, -0.05) is 13.8 Å². The molecule has 0 aromatic carbocycles. The van der Waals surface area contributed by atoms with Gasteiger partial charge in [-0.25, -0.2) is 0 Å². The zero-order chi connectivity index (χ0) is 14.6. The highest BCUT2D eigenvalue weighted by Gasteiger charge is 2.75. The van der Waals surface area contributed by atoms with Gasteiger partial charge in [0.15, 0.2) is 5.41 Å². The standard InChI is InChI=1S/C14H21NO4/c1-8(2)15-9(16)14-7-6-13(5,12(14,3)4)10(17)19-11(14)18/h8H,6-7H2,1-5H3,(H,15,16). The first-order valence-corrected chi connectivity index (χ1v) is 6.67. The number of esters is 2. The van der Waals surface area contributed by atoms with Gasteiger partial charge in [0.2, 0.25) is 5.91 Å². The summed E-state index contributed by atoms with van der Waals surface area (Å²) in [5, 5.41) is 2.80. The zero-order valence-corrected chi connectivity index (χ0v) is 12.1. The summed E-state index contributed by atoms with van der Waals surface area (Å²) in [6.45, 7) is 9.10. The van der Waals surface area contributed by atoms with Gasteiger partial charge in [0.05, 0.1) is 5.41 Å². The molecule has 5 heteroatoms. The number of hydrogen-bond acceptors (Lipinski definition) is 4. The van der Waals surface area contributed by atoms with Crippen LogP contribution in [-0.2, 0) is 19.1 Å². The topological polar surface area (TPSA) is 72.5 Å². The lowest BCUT2D eigenvalue weighted by atomic mass is 9.57. The van der Waals surface area contributed by atoms with Gasteiger partial charge < -0.3 is 10.1 Å². The summed E-state index contributed by atoms with van der Waals surface area (Å²) in [6, 6.07) is -0.0602. The average molecular weight is 267 g/mol. The molecule has 0 aromatic rings. The molecule has 106 valence electrons. The maximum Gasteiger partial charge on any atom is 0.329 e. The van der Waals surface area contributed by atoms with Crippen LogP contribution in [0.1, 0.15) is 47.5 Å². The maximum absolute atomic E-state index is 12.5. The Morgan fingerprint density at radius 1 is 1.16 bits per heavy atom. The molecule has 2 fully saturated rings. The number of carbonyl (C=O) groups is 3. The minimum absolute atomic E-state index is 0.0602. The van der Waals surface area contributed by atoms with Crippen LogP contribution in [0.25, 0.3) is 0 Å². The Hall–Kier alpha value is -1.39. The van der Waals surface area contributed by atoms with Gasteiger partial charge in [0.1, 0.15) is 0 Å². The maximum atomic E-state index is 12.5. The Labute approximate surface area is 113 Å². The first kappa shape index (κ1) is 14.0. The van der Waals surface area contributed by atoms with E-state index in [1.54, 1.807) is 6.92 Å². The summed E-state index contributed by atoms with van der Waals surface area (Å²) in [4.78, 5) is 36.8. The molecule has 1 amide bonds. The van der Waals surface area contributed by atoms with Crippen molar-refractivity contribution in [3.63, 3.8) is 0 Å². The van der Waals surface area contributed by atoms with Gasteiger partial charge in [0, 0.05) is 11.5 Å². The van der Waals surface area contributed by atoms with E-state index < -0.39 is 28.2 Å². The molecule has 0 radical (unpaired) electrons. The van der Waals surface area contributed by atoms with Gasteiger partial charge in [0.25, 0.3) is 0 Å². The van der Waals surface area contributed by atoms with Crippen LogP contribution in [0.5, 0.6) is 0 Å². The van der Waals surface area contributed by atoms with E-state index in [9.17, 15) is 14.4 Å². The van der Waals surface area contributed by atoms with Crippen LogP contribution >= 0.6 is 0 Å². The van der Waals surface area contributed by atoms with E-state index in [4.69, 9.17) is 4.74 Å². The van der Waals surface area contributed by atoms with Gasteiger partial charge in [-0.2, -0.15) is 0 Å². The zero-order valence-electron chi connectivity index (χ0n) is 12.1. The van der Waals surface area contributed by atoms with Gasteiger partial charge >= 0.3 is 11.9 Å². The molecule has 1 aliphatic heterocycles. The van der Waals surface area contributed by atoms with E-state index in [-0.39, 0.29) is 11.9 Å². The lowest BCUT2D eigenvalue weighted by Gasteiger charge is -2.48. The molecule has 1 N–H and O–H groups in total. The summed E-state index contributed by atoms with van der Waals surface area (Å²) in [5.41, 5.74) is -2.78. The molecule has 1 heterocycles. The highest BCUT2D eigenvalue weighted by atomic mass is 16.6. The second-order valence-electron chi connectivity index (χ2n) is 6.67. The summed E-state index contributed by atoms with van der Waals surface area (Å²) in [6.07, 6.45) is 0.857. The Kier molecular flexibility index (Phi) is 2.81. The molecular weight excluding hydrogens is 246 g/mol. The highest BCUT2D eigenvalue weighted by Crippen LogP contribution is 2.66. The molecule has 2 bridgehead atoms. The molecule has 0 spiro atoms. The van der Waals surface area contributed by atoms with Gasteiger partial charge in [-0.3, -0.25) is 14.4 Å². The van der Waals surface area contributed by atoms with Gasteiger partial charge in [-0.05, 0) is 33.6 Å². The minimum Gasteiger partial charge on any atom is -0.392 e. The SMILES string of the molecule is CC(C)NC(=O)C12CCC(C)(C(=O)OC1=O)C2(C)C. The normalized spacial score (nSPS) is 36.3. The molecule has 5 nitrogen and oxygen atoms in total. The second kappa shape index (κ2) is 3.81. The third-order valence-electron chi connectivity index (χ3n) is 5.24. The van der Waals surface area contributed by atoms with Crippen LogP contribution in [0, 0.1) is 16.2 Å². The summed E-state index contributed by atoms with van der Waals surface area (Å²) >= 11 is 0. The molecule has 0 aromatic heterocycles. The van der Waals surface area contributed by atoms with E-state index in [2.05, 4.69) is 5.32 Å². The molecular formula is C14H21NO4. The monoisotopic (exact) mass is 267 g/mol. The molecule has 2 rings (SSSR count). The molecule has 2 unspecified atom stereocenters. The predicted molar refractivity (Wildman–Crippen MR) is 67.9 cm³/mol. The van der Waals surface area contributed by atoms with Crippen LogP contribution in [-0.4, -0.2) is 23.9 Å². The second-order valence-corrected chi connectivity index (χ2v) is 6.67. The van der Waals surface area contributed by atoms with E-state index in [0.717, 1.165) is 0 Å². The van der Waals surface area contributed by atoms with E-state index in [1.165, 1.54) is 0 Å². The molecule has 2 atom stereocenters. The van der Waals surface area contributed by atoms with Crippen molar-refractivity contribution in [1.29, 1.82) is 0 Å². The number of carbonyl (C=O) groups excluding carboxylic acids is 3. The van der Waals surface area contributed by atoms with Crippen LogP contribution in [0.2, 0.25) is 0 Å². The van der Waals surface area contributed by atoms with Crippen LogP contribution in [0.4, 0.5) is 0 Å². The number of hydrogen-bond donors (Lipinski definition) is 1. The number of amides is 1. The Morgan fingerprint density at radius 2 is 1.74 bits per heavy atom. The van der Waals surface area contributed by atoms with Crippen molar-refractivity contribution in [3.8, 4) is 0 Å². The van der Waals surface area contributed by atoms with Crippen LogP contribution in [0.3, 0.4) is 0 Å². The molecule has 2 aliphatic rings. The van der Waals surface area contributed by atoms with Crippen molar-refractivity contribution in [2.75, 3.05) is 0 Å². The van der Waals surface area contributed by atoms with Crippen molar-refractivity contribution in [2.24, 2.45) is 16.2 Å². The predicted octanol–water partition coefficient (Wildman–Crippen LogP) is 1.41. The van der Waals surface area contributed by atoms with E-state index in [1.807, 2.05) is 27.7 Å². The Balaban J connectivity index is 2.53. The largest absolute Gasteiger partial charge is 0.392 e. The number of ether oxygens (including phenoxy) is 1. The molecule has 1 saturated carbocycles. The lowest BCUT2D eigenvalue weighted by Crippen LogP contribution is -2.62. The molecule has 1 aliphatic carbocycles. The van der Waals surface area contributed by atoms with E-state index in [0.29, 0.717) is 12.8 Å². The molecule has 19 heavy (non-hydrogen) atoms. The quantitative estimate of drug-likeness (QED) is 0.606. The fourth-order valence-electron chi connectivity index (χ4n) is 3.41. The van der Waals surface area contributed by atoms with Crippen molar-refractivity contribution < 1.29 is 19.1 Å². The van der Waals surface area contributed by atoms with E-state index >= 15 is 0 Å². The lowest BCUT2D eigenvalue weighted by molar-refractivity contribution is -0.196. The Bertz CT molecular complexity index is 468. The molecule has 1 saturated heterocycles. The smallest absolute Gasteiger partial charge is 0.329 e. The number of nitrogens with one attached hydrogen (secondary N) is 1. The van der Waals surface area contributed by atoms with Crippen LogP contribution in [0.15, 0.2) is 0 Å². The summed E-state index contributed by atoms with van der Waals surface area (Å²) in [7, 11) is 0. The van der Waals surface area contributed by atoms with Gasteiger partial charge in [-0.15, -0.1) is 0 Å². The number of rotatable bonds is 2. The van der Waals surface area contributed by atoms with Crippen molar-refractivity contribution in [1.82, 2.24) is 5.32 Å². The van der Waals surface area contributed by atoms with Crippen molar-refractivity contribution in [2.45, 2.75) is 53.5 Å². The number of fused-ring (bicyclic) bond motifs is 2. The minimum atomic E-state index is -1.25. The van der Waals surface area contributed by atoms with Crippen LogP contribution < -0.4 is 5.32 Å². The fourth-order valence-corrected chi connectivity index (χ4v) is 3.41. The Morgan fingerprint density at radius 3 is 2.26 bits per heavy atom. The summed E-state index contributed by atoms with van der Waals surface area (Å²) < 4.78 is 4.88. The van der Waals surface area contributed by atoms with Crippen molar-refractivity contribution in [3.05, 3.63) is 0 Å². The summed E-state index contributed by atoms with van der Waals surface area (Å²) in [5.74, 6) is -1.53. The highest BCUT2D eigenvalue weighted by molar-refractivity contribution is 6.11. The third-order valence-corrected chi connectivity index (χ3v) is 5.24. The average Bonchev–Trinajstić information content (AvgIpc) is 2.40. The first-order valence-electron chi connectivity index (χ1n) is 6.67. The fraction of sp³-hybridized carbons (Fsp3) is 0.786. The third kappa shape index (κ3) is 1.44.